The van der Waals surface area contributed by atoms with Crippen LogP contribution in [0.4, 0.5) is 24.7 Å². The third-order valence-corrected chi connectivity index (χ3v) is 4.41. The highest BCUT2D eigenvalue weighted by Gasteiger charge is 2.12. The molecule has 0 radical (unpaired) electrons. The van der Waals surface area contributed by atoms with Gasteiger partial charge in [-0.2, -0.15) is 10.4 Å². The summed E-state index contributed by atoms with van der Waals surface area (Å²) in [6.07, 6.45) is 5.09. The maximum atomic E-state index is 13.4. The van der Waals surface area contributed by atoms with Crippen LogP contribution in [0.3, 0.4) is 0 Å². The highest BCUT2D eigenvalue weighted by molar-refractivity contribution is 5.63. The van der Waals surface area contributed by atoms with Crippen molar-refractivity contribution < 1.29 is 13.2 Å². The zero-order valence-electron chi connectivity index (χ0n) is 15.8. The molecule has 0 aliphatic heterocycles. The SMILES string of the molecule is Cc1cn(-c2ccc(Nc3ccn(Cc4cc(F)c(F)c(F)c4)n3)cc2C#N)cn1. The molecule has 0 unspecified atom stereocenters. The quantitative estimate of drug-likeness (QED) is 0.495. The Labute approximate surface area is 169 Å². The minimum absolute atomic E-state index is 0.0676. The Balaban J connectivity index is 1.52. The smallest absolute Gasteiger partial charge is 0.194 e. The van der Waals surface area contributed by atoms with Crippen LogP contribution >= 0.6 is 0 Å². The van der Waals surface area contributed by atoms with E-state index >= 15 is 0 Å². The molecule has 0 spiro atoms. The summed E-state index contributed by atoms with van der Waals surface area (Å²) >= 11 is 0. The number of anilines is 2. The second kappa shape index (κ2) is 7.75. The number of hydrogen-bond donors (Lipinski definition) is 1. The van der Waals surface area contributed by atoms with Gasteiger partial charge in [0, 0.05) is 24.1 Å². The number of rotatable bonds is 5. The standard InChI is InChI=1S/C21H15F3N6/c1-13-10-29(12-26-13)19-3-2-16(8-15(19)9-25)27-20-4-5-30(28-20)11-14-6-17(22)21(24)18(23)7-14/h2-8,10,12H,11H2,1H3,(H,27,28). The van der Waals surface area contributed by atoms with E-state index in [1.807, 2.05) is 13.1 Å². The van der Waals surface area contributed by atoms with Gasteiger partial charge >= 0.3 is 0 Å². The molecule has 0 saturated carbocycles. The molecule has 0 saturated heterocycles. The number of imidazole rings is 1. The lowest BCUT2D eigenvalue weighted by Gasteiger charge is -2.08. The van der Waals surface area contributed by atoms with Crippen LogP contribution in [0.5, 0.6) is 0 Å². The number of nitrogens with one attached hydrogen (secondary N) is 1. The van der Waals surface area contributed by atoms with Crippen molar-refractivity contribution in [1.29, 1.82) is 5.26 Å². The van der Waals surface area contributed by atoms with Gasteiger partial charge in [-0.15, -0.1) is 0 Å². The normalized spacial score (nSPS) is 10.8. The molecule has 30 heavy (non-hydrogen) atoms. The molecule has 6 nitrogen and oxygen atoms in total. The Kier molecular flexibility index (Phi) is 4.98. The largest absolute Gasteiger partial charge is 0.339 e. The Morgan fingerprint density at radius 1 is 1.10 bits per heavy atom. The zero-order chi connectivity index (χ0) is 21.3. The van der Waals surface area contributed by atoms with Crippen LogP contribution in [-0.2, 0) is 6.54 Å². The average Bonchev–Trinajstić information content (AvgIpc) is 3.34. The number of halogens is 3. The molecule has 2 aromatic heterocycles. The van der Waals surface area contributed by atoms with Crippen molar-refractivity contribution in [3.05, 3.63) is 89.4 Å². The molecular weight excluding hydrogens is 393 g/mol. The topological polar surface area (TPSA) is 71.5 Å². The average molecular weight is 408 g/mol. The van der Waals surface area contributed by atoms with Gasteiger partial charge in [0.25, 0.3) is 0 Å². The highest BCUT2D eigenvalue weighted by Crippen LogP contribution is 2.22. The molecule has 0 aliphatic carbocycles. The molecule has 4 rings (SSSR count). The number of aryl methyl sites for hydroxylation is 1. The summed E-state index contributed by atoms with van der Waals surface area (Å²) in [5.74, 6) is -3.50. The second-order valence-corrected chi connectivity index (χ2v) is 6.66. The van der Waals surface area contributed by atoms with Crippen LogP contribution in [0, 0.1) is 35.7 Å². The van der Waals surface area contributed by atoms with E-state index in [-0.39, 0.29) is 12.1 Å². The molecule has 4 aromatic rings. The summed E-state index contributed by atoms with van der Waals surface area (Å²) in [5.41, 5.74) is 2.89. The molecule has 0 bridgehead atoms. The Morgan fingerprint density at radius 3 is 2.53 bits per heavy atom. The van der Waals surface area contributed by atoms with Gasteiger partial charge in [0.05, 0.1) is 29.8 Å². The molecule has 2 heterocycles. The maximum absolute atomic E-state index is 13.4. The van der Waals surface area contributed by atoms with Crippen LogP contribution in [0.2, 0.25) is 0 Å². The van der Waals surface area contributed by atoms with Crippen LogP contribution in [-0.4, -0.2) is 19.3 Å². The Bertz CT molecular complexity index is 1240. The third-order valence-electron chi connectivity index (χ3n) is 4.41. The molecule has 0 aliphatic rings. The predicted octanol–water partition coefficient (Wildman–Crippen LogP) is 4.46. The third kappa shape index (κ3) is 3.89. The minimum atomic E-state index is -1.50. The summed E-state index contributed by atoms with van der Waals surface area (Å²) in [6, 6.07) is 11.0. The maximum Gasteiger partial charge on any atom is 0.194 e. The number of nitriles is 1. The first-order valence-corrected chi connectivity index (χ1v) is 8.92. The predicted molar refractivity (Wildman–Crippen MR) is 104 cm³/mol. The molecule has 9 heteroatoms. The first-order valence-electron chi connectivity index (χ1n) is 8.92. The lowest BCUT2D eigenvalue weighted by Crippen LogP contribution is -2.04. The van der Waals surface area contributed by atoms with Crippen molar-refractivity contribution >= 4 is 11.5 Å². The fourth-order valence-electron chi connectivity index (χ4n) is 3.03. The van der Waals surface area contributed by atoms with Crippen molar-refractivity contribution in [1.82, 2.24) is 19.3 Å². The van der Waals surface area contributed by atoms with Crippen LogP contribution in [0.1, 0.15) is 16.8 Å². The van der Waals surface area contributed by atoms with E-state index in [9.17, 15) is 18.4 Å². The van der Waals surface area contributed by atoms with E-state index in [0.29, 0.717) is 22.8 Å². The lowest BCUT2D eigenvalue weighted by molar-refractivity contribution is 0.444. The van der Waals surface area contributed by atoms with Crippen molar-refractivity contribution in [3.8, 4) is 11.8 Å². The second-order valence-electron chi connectivity index (χ2n) is 6.66. The minimum Gasteiger partial charge on any atom is -0.339 e. The fraction of sp³-hybridized carbons (Fsp3) is 0.0952. The fourth-order valence-corrected chi connectivity index (χ4v) is 3.03. The van der Waals surface area contributed by atoms with Gasteiger partial charge in [0.15, 0.2) is 23.3 Å². The molecule has 150 valence electrons. The van der Waals surface area contributed by atoms with Gasteiger partial charge in [-0.25, -0.2) is 18.2 Å². The van der Waals surface area contributed by atoms with Gasteiger partial charge in [0.1, 0.15) is 6.07 Å². The molecule has 0 atom stereocenters. The summed E-state index contributed by atoms with van der Waals surface area (Å²) in [7, 11) is 0. The van der Waals surface area contributed by atoms with Gasteiger partial charge in [0.2, 0.25) is 0 Å². The number of nitrogens with zero attached hydrogens (tertiary/aromatic N) is 5. The van der Waals surface area contributed by atoms with E-state index in [4.69, 9.17) is 0 Å². The van der Waals surface area contributed by atoms with Gasteiger partial charge in [-0.3, -0.25) is 4.68 Å². The number of benzene rings is 2. The monoisotopic (exact) mass is 408 g/mol. The number of hydrogen-bond acceptors (Lipinski definition) is 4. The van der Waals surface area contributed by atoms with Crippen molar-refractivity contribution in [2.75, 3.05) is 5.32 Å². The lowest BCUT2D eigenvalue weighted by atomic mass is 10.1. The number of aromatic nitrogens is 4. The van der Waals surface area contributed by atoms with Crippen LogP contribution in [0.15, 0.2) is 55.1 Å². The van der Waals surface area contributed by atoms with E-state index in [1.165, 1.54) is 4.68 Å². The van der Waals surface area contributed by atoms with Crippen molar-refractivity contribution in [3.63, 3.8) is 0 Å². The first kappa shape index (κ1) is 19.3. The molecule has 0 amide bonds. The van der Waals surface area contributed by atoms with Crippen LogP contribution < -0.4 is 5.32 Å². The van der Waals surface area contributed by atoms with Crippen molar-refractivity contribution in [2.45, 2.75) is 13.5 Å². The summed E-state index contributed by atoms with van der Waals surface area (Å²) < 4.78 is 43.1. The molecule has 0 fully saturated rings. The Hall–Kier alpha value is -4.06. The van der Waals surface area contributed by atoms with Gasteiger partial charge in [-0.1, -0.05) is 0 Å². The van der Waals surface area contributed by atoms with E-state index in [2.05, 4.69) is 21.5 Å². The van der Waals surface area contributed by atoms with E-state index < -0.39 is 17.5 Å². The molecule has 1 N–H and O–H groups in total. The zero-order valence-corrected chi connectivity index (χ0v) is 15.8. The molecular formula is C21H15F3N6. The molecule has 2 aromatic carbocycles. The van der Waals surface area contributed by atoms with E-state index in [1.54, 1.807) is 41.4 Å². The van der Waals surface area contributed by atoms with Gasteiger partial charge < -0.3 is 9.88 Å². The van der Waals surface area contributed by atoms with E-state index in [0.717, 1.165) is 17.8 Å². The van der Waals surface area contributed by atoms with Crippen LogP contribution in [0.25, 0.3) is 5.69 Å². The van der Waals surface area contributed by atoms with Gasteiger partial charge in [-0.05, 0) is 42.8 Å². The Morgan fingerprint density at radius 2 is 1.87 bits per heavy atom. The van der Waals surface area contributed by atoms with Crippen molar-refractivity contribution in [2.24, 2.45) is 0 Å². The summed E-state index contributed by atoms with van der Waals surface area (Å²) in [4.78, 5) is 4.17. The first-order chi connectivity index (χ1) is 14.4. The highest BCUT2D eigenvalue weighted by atomic mass is 19.2. The summed E-state index contributed by atoms with van der Waals surface area (Å²) in [5, 5.41) is 16.9. The summed E-state index contributed by atoms with van der Waals surface area (Å²) in [6.45, 7) is 1.93.